The number of hydrogen-bond donors (Lipinski definition) is 1. The molecule has 0 bridgehead atoms. The third-order valence-corrected chi connectivity index (χ3v) is 5.03. The molecule has 140 valence electrons. The summed E-state index contributed by atoms with van der Waals surface area (Å²) in [5.41, 5.74) is 0.404. The Morgan fingerprint density at radius 1 is 1.12 bits per heavy atom. The largest absolute Gasteiger partial charge is 0.342 e. The molecule has 1 aromatic carbocycles. The Kier molecular flexibility index (Phi) is 5.03. The quantitative estimate of drug-likeness (QED) is 0.839. The molecule has 2 aliphatic rings. The van der Waals surface area contributed by atoms with Crippen LogP contribution in [0.15, 0.2) is 30.3 Å². The Bertz CT molecular complexity index is 696. The molecular formula is C20H27N3O3. The number of nitrogens with zero attached hydrogens (tertiary/aromatic N) is 2. The lowest BCUT2D eigenvalue weighted by Crippen LogP contribution is -2.65. The number of carbonyl (C=O) groups excluding carboxylic acids is 3. The molecule has 1 N–H and O–H groups in total. The van der Waals surface area contributed by atoms with E-state index in [9.17, 15) is 14.4 Å². The highest BCUT2D eigenvalue weighted by Gasteiger charge is 2.40. The third-order valence-electron chi connectivity index (χ3n) is 5.03. The van der Waals surface area contributed by atoms with E-state index in [2.05, 4.69) is 5.32 Å². The zero-order valence-corrected chi connectivity index (χ0v) is 15.7. The molecule has 3 rings (SSSR count). The molecule has 2 heterocycles. The molecule has 0 saturated carbocycles. The lowest BCUT2D eigenvalue weighted by molar-refractivity contribution is -0.143. The van der Waals surface area contributed by atoms with Crippen molar-refractivity contribution in [3.05, 3.63) is 30.3 Å². The predicted octanol–water partition coefficient (Wildman–Crippen LogP) is 1.80. The standard InChI is InChI=1S/C20H27N3O3/c1-20(2,3)19(26)22-11-7-8-14(12-22)17(24)21-16-13-23(18(16)25)15-9-5-4-6-10-15/h4-6,9-10,14,16H,7-8,11-13H2,1-3H3,(H,21,24)/t14-,16+/m1/s1. The molecule has 3 amide bonds. The number of anilines is 1. The Hall–Kier alpha value is -2.37. The number of para-hydroxylation sites is 1. The van der Waals surface area contributed by atoms with E-state index < -0.39 is 11.5 Å². The summed E-state index contributed by atoms with van der Waals surface area (Å²) in [6.45, 7) is 7.31. The molecule has 2 saturated heterocycles. The van der Waals surface area contributed by atoms with Gasteiger partial charge < -0.3 is 15.1 Å². The highest BCUT2D eigenvalue weighted by atomic mass is 16.2. The molecule has 0 spiro atoms. The van der Waals surface area contributed by atoms with Crippen LogP contribution in [0.5, 0.6) is 0 Å². The van der Waals surface area contributed by atoms with Gasteiger partial charge in [0, 0.05) is 24.2 Å². The van der Waals surface area contributed by atoms with Crippen molar-refractivity contribution in [2.75, 3.05) is 24.5 Å². The minimum atomic E-state index is -0.462. The molecule has 6 nitrogen and oxygen atoms in total. The van der Waals surface area contributed by atoms with Crippen LogP contribution in [0.2, 0.25) is 0 Å². The van der Waals surface area contributed by atoms with Gasteiger partial charge in [-0.1, -0.05) is 39.0 Å². The summed E-state index contributed by atoms with van der Waals surface area (Å²) in [5, 5.41) is 2.87. The topological polar surface area (TPSA) is 69.7 Å². The fraction of sp³-hybridized carbons (Fsp3) is 0.550. The number of hydrogen-bond acceptors (Lipinski definition) is 3. The number of likely N-dealkylation sites (tertiary alicyclic amines) is 1. The van der Waals surface area contributed by atoms with Gasteiger partial charge in [0.15, 0.2) is 0 Å². The van der Waals surface area contributed by atoms with Gasteiger partial charge in [0.25, 0.3) is 5.91 Å². The molecule has 2 aliphatic heterocycles. The molecule has 6 heteroatoms. The molecule has 0 aromatic heterocycles. The lowest BCUT2D eigenvalue weighted by Gasteiger charge is -2.40. The smallest absolute Gasteiger partial charge is 0.251 e. The van der Waals surface area contributed by atoms with Gasteiger partial charge in [-0.2, -0.15) is 0 Å². The number of piperidine rings is 1. The molecule has 0 aliphatic carbocycles. The van der Waals surface area contributed by atoms with E-state index >= 15 is 0 Å². The summed E-state index contributed by atoms with van der Waals surface area (Å²) >= 11 is 0. The summed E-state index contributed by atoms with van der Waals surface area (Å²) in [4.78, 5) is 40.8. The van der Waals surface area contributed by atoms with E-state index in [1.807, 2.05) is 51.1 Å². The first-order valence-electron chi connectivity index (χ1n) is 9.23. The van der Waals surface area contributed by atoms with Crippen molar-refractivity contribution in [2.24, 2.45) is 11.3 Å². The van der Waals surface area contributed by atoms with Crippen LogP contribution in [0.1, 0.15) is 33.6 Å². The van der Waals surface area contributed by atoms with E-state index in [0.717, 1.165) is 18.5 Å². The number of carbonyl (C=O) groups is 3. The van der Waals surface area contributed by atoms with Crippen molar-refractivity contribution in [3.63, 3.8) is 0 Å². The number of benzene rings is 1. The summed E-state index contributed by atoms with van der Waals surface area (Å²) in [7, 11) is 0. The first kappa shape index (κ1) is 18.4. The summed E-state index contributed by atoms with van der Waals surface area (Å²) in [6, 6.07) is 8.98. The van der Waals surface area contributed by atoms with Gasteiger partial charge in [-0.05, 0) is 25.0 Å². The van der Waals surface area contributed by atoms with Crippen LogP contribution in [-0.2, 0) is 14.4 Å². The van der Waals surface area contributed by atoms with E-state index in [-0.39, 0.29) is 23.6 Å². The van der Waals surface area contributed by atoms with E-state index in [1.165, 1.54) is 0 Å². The minimum absolute atomic E-state index is 0.0740. The van der Waals surface area contributed by atoms with E-state index in [1.54, 1.807) is 9.80 Å². The van der Waals surface area contributed by atoms with E-state index in [0.29, 0.717) is 19.6 Å². The molecule has 2 atom stereocenters. The molecular weight excluding hydrogens is 330 g/mol. The Morgan fingerprint density at radius 2 is 1.81 bits per heavy atom. The second-order valence-electron chi connectivity index (χ2n) is 8.19. The maximum absolute atomic E-state index is 12.6. The SMILES string of the molecule is CC(C)(C)C(=O)N1CCC[C@@H](C(=O)N[C@H]2CN(c3ccccc3)C2=O)C1. The van der Waals surface area contributed by atoms with Crippen molar-refractivity contribution in [3.8, 4) is 0 Å². The summed E-state index contributed by atoms with van der Waals surface area (Å²) in [5.74, 6) is -0.371. The lowest BCUT2D eigenvalue weighted by atomic mass is 9.90. The van der Waals surface area contributed by atoms with Crippen molar-refractivity contribution in [1.82, 2.24) is 10.2 Å². The van der Waals surface area contributed by atoms with Crippen LogP contribution in [-0.4, -0.2) is 48.3 Å². The zero-order valence-electron chi connectivity index (χ0n) is 15.7. The maximum atomic E-state index is 12.6. The number of nitrogens with one attached hydrogen (secondary N) is 1. The summed E-state index contributed by atoms with van der Waals surface area (Å²) < 4.78 is 0. The molecule has 0 radical (unpaired) electrons. The Morgan fingerprint density at radius 3 is 2.42 bits per heavy atom. The van der Waals surface area contributed by atoms with Crippen molar-refractivity contribution < 1.29 is 14.4 Å². The fourth-order valence-electron chi connectivity index (χ4n) is 3.51. The molecule has 26 heavy (non-hydrogen) atoms. The number of amides is 3. The van der Waals surface area contributed by atoms with Crippen molar-refractivity contribution in [1.29, 1.82) is 0 Å². The highest BCUT2D eigenvalue weighted by Crippen LogP contribution is 2.25. The van der Waals surface area contributed by atoms with Crippen LogP contribution < -0.4 is 10.2 Å². The number of rotatable bonds is 3. The van der Waals surface area contributed by atoms with Gasteiger partial charge in [0.1, 0.15) is 6.04 Å². The van der Waals surface area contributed by atoms with Crippen LogP contribution in [0.3, 0.4) is 0 Å². The van der Waals surface area contributed by atoms with Crippen molar-refractivity contribution in [2.45, 2.75) is 39.7 Å². The van der Waals surface area contributed by atoms with Crippen LogP contribution in [0.4, 0.5) is 5.69 Å². The van der Waals surface area contributed by atoms with Crippen molar-refractivity contribution >= 4 is 23.4 Å². The van der Waals surface area contributed by atoms with Crippen LogP contribution >= 0.6 is 0 Å². The molecule has 1 aromatic rings. The Labute approximate surface area is 154 Å². The second kappa shape index (κ2) is 7.09. The highest BCUT2D eigenvalue weighted by molar-refractivity contribution is 6.05. The normalized spacial score (nSPS) is 23.4. The van der Waals surface area contributed by atoms with E-state index in [4.69, 9.17) is 0 Å². The van der Waals surface area contributed by atoms with Crippen LogP contribution in [0.25, 0.3) is 0 Å². The second-order valence-corrected chi connectivity index (χ2v) is 8.19. The van der Waals surface area contributed by atoms with Gasteiger partial charge in [0.2, 0.25) is 11.8 Å². The first-order valence-corrected chi connectivity index (χ1v) is 9.23. The van der Waals surface area contributed by atoms with Gasteiger partial charge in [-0.3, -0.25) is 14.4 Å². The predicted molar refractivity (Wildman–Crippen MR) is 99.5 cm³/mol. The van der Waals surface area contributed by atoms with Gasteiger partial charge in [-0.25, -0.2) is 0 Å². The first-order chi connectivity index (χ1) is 12.3. The van der Waals surface area contributed by atoms with Gasteiger partial charge in [-0.15, -0.1) is 0 Å². The number of β-lactam (4-membered cyclic amide) rings is 1. The average Bonchev–Trinajstić information content (AvgIpc) is 2.63. The average molecular weight is 357 g/mol. The Balaban J connectivity index is 1.54. The maximum Gasteiger partial charge on any atom is 0.251 e. The third kappa shape index (κ3) is 3.74. The molecule has 0 unspecified atom stereocenters. The monoisotopic (exact) mass is 357 g/mol. The summed E-state index contributed by atoms with van der Waals surface area (Å²) in [6.07, 6.45) is 1.57. The zero-order chi connectivity index (χ0) is 18.9. The minimum Gasteiger partial charge on any atom is -0.342 e. The molecule has 2 fully saturated rings. The fourth-order valence-corrected chi connectivity index (χ4v) is 3.51. The van der Waals surface area contributed by atoms with Gasteiger partial charge in [0.05, 0.1) is 12.5 Å². The van der Waals surface area contributed by atoms with Gasteiger partial charge >= 0.3 is 0 Å². The van der Waals surface area contributed by atoms with Crippen LogP contribution in [0, 0.1) is 11.3 Å².